The summed E-state index contributed by atoms with van der Waals surface area (Å²) in [5, 5.41) is 13.9. The van der Waals surface area contributed by atoms with Crippen molar-refractivity contribution in [3.8, 4) is 0 Å². The van der Waals surface area contributed by atoms with Crippen molar-refractivity contribution in [2.24, 2.45) is 51.2 Å². The molecule has 3 unspecified atom stereocenters. The van der Waals surface area contributed by atoms with Crippen LogP contribution in [-0.2, 0) is 0 Å². The van der Waals surface area contributed by atoms with Crippen LogP contribution in [0.4, 0.5) is 0 Å². The monoisotopic (exact) mass is 749 g/mol. The molecule has 4 saturated carbocycles. The molecule has 2 N–H and O–H groups in total. The molecule has 1 saturated heterocycles. The molecule has 2 aromatic rings. The van der Waals surface area contributed by atoms with E-state index in [0.29, 0.717) is 40.1 Å². The van der Waals surface area contributed by atoms with Crippen LogP contribution in [0.1, 0.15) is 115 Å². The Hall–Kier alpha value is -2.38. The Kier molecular flexibility index (Phi) is 10.1. The van der Waals surface area contributed by atoms with Gasteiger partial charge in [0.1, 0.15) is 0 Å². The van der Waals surface area contributed by atoms with Crippen LogP contribution >= 0.6 is 11.9 Å². The quantitative estimate of drug-likeness (QED) is 0.197. The number of nitrogens with zero attached hydrogens (tertiary/aromatic N) is 2. The highest BCUT2D eigenvalue weighted by molar-refractivity contribution is 7.97. The van der Waals surface area contributed by atoms with Gasteiger partial charge in [-0.15, -0.1) is 0 Å². The summed E-state index contributed by atoms with van der Waals surface area (Å²) in [4.78, 5) is 15.6. The van der Waals surface area contributed by atoms with E-state index in [1.807, 2.05) is 24.1 Å². The van der Waals surface area contributed by atoms with Crippen molar-refractivity contribution in [1.29, 1.82) is 0 Å². The van der Waals surface area contributed by atoms with Gasteiger partial charge in [-0.1, -0.05) is 83.2 Å². The van der Waals surface area contributed by atoms with Gasteiger partial charge in [0, 0.05) is 49.7 Å². The van der Waals surface area contributed by atoms with Gasteiger partial charge >= 0.3 is 5.97 Å². The summed E-state index contributed by atoms with van der Waals surface area (Å²) in [6.45, 7) is 26.9. The van der Waals surface area contributed by atoms with Gasteiger partial charge in [0.15, 0.2) is 0 Å². The van der Waals surface area contributed by atoms with E-state index in [0.717, 1.165) is 51.6 Å². The molecule has 1 aliphatic heterocycles. The number of aromatic carboxylic acids is 1. The van der Waals surface area contributed by atoms with Gasteiger partial charge < -0.3 is 10.4 Å². The van der Waals surface area contributed by atoms with E-state index in [9.17, 15) is 9.90 Å². The molecule has 0 spiro atoms. The van der Waals surface area contributed by atoms with Gasteiger partial charge in [-0.3, -0.25) is 4.90 Å². The number of nitrogens with one attached hydrogen (secondary N) is 1. The van der Waals surface area contributed by atoms with Crippen molar-refractivity contribution >= 4 is 23.5 Å². The number of benzene rings is 2. The van der Waals surface area contributed by atoms with E-state index in [1.165, 1.54) is 73.0 Å². The summed E-state index contributed by atoms with van der Waals surface area (Å²) in [7, 11) is 0. The lowest BCUT2D eigenvalue weighted by molar-refractivity contribution is -0.219. The molecule has 1 heterocycles. The maximum Gasteiger partial charge on any atom is 0.335 e. The third-order valence-corrected chi connectivity index (χ3v) is 18.4. The fourth-order valence-corrected chi connectivity index (χ4v) is 15.4. The van der Waals surface area contributed by atoms with Gasteiger partial charge in [-0.25, -0.2) is 9.10 Å². The Morgan fingerprint density at radius 3 is 2.26 bits per heavy atom. The average molecular weight is 750 g/mol. The molecule has 8 rings (SSSR count). The number of rotatable bonds is 9. The molecule has 292 valence electrons. The second-order valence-electron chi connectivity index (χ2n) is 19.9. The van der Waals surface area contributed by atoms with Gasteiger partial charge in [0.05, 0.1) is 5.56 Å². The van der Waals surface area contributed by atoms with Crippen molar-refractivity contribution in [2.75, 3.05) is 39.3 Å². The molecule has 5 nitrogen and oxygen atoms in total. The smallest absolute Gasteiger partial charge is 0.335 e. The largest absolute Gasteiger partial charge is 0.478 e. The van der Waals surface area contributed by atoms with Crippen molar-refractivity contribution in [3.63, 3.8) is 0 Å². The Bertz CT molecular complexity index is 1750. The third kappa shape index (κ3) is 6.19. The zero-order chi connectivity index (χ0) is 38.1. The normalized spacial score (nSPS) is 39.1. The molecule has 0 bridgehead atoms. The Balaban J connectivity index is 0.984. The van der Waals surface area contributed by atoms with Crippen molar-refractivity contribution < 1.29 is 9.90 Å². The first-order chi connectivity index (χ1) is 25.7. The van der Waals surface area contributed by atoms with Gasteiger partial charge in [-0.2, -0.15) is 0 Å². The Morgan fingerprint density at radius 1 is 0.852 bits per heavy atom. The van der Waals surface area contributed by atoms with Crippen LogP contribution in [-0.4, -0.2) is 65.1 Å². The molecule has 5 fully saturated rings. The number of allylic oxidation sites excluding steroid dienone is 3. The fraction of sp³-hybridized carbons (Fsp3) is 0.646. The summed E-state index contributed by atoms with van der Waals surface area (Å²) < 4.78 is 2.54. The van der Waals surface area contributed by atoms with Crippen LogP contribution in [0.15, 0.2) is 77.7 Å². The molecule has 0 radical (unpaired) electrons. The highest BCUT2D eigenvalue weighted by Crippen LogP contribution is 2.76. The van der Waals surface area contributed by atoms with Crippen LogP contribution in [0.3, 0.4) is 0 Å². The standard InChI is InChI=1S/C48H67N3O2S/c1-33(2)37-19-24-48(49-27-28-50-29-31-51(32-30-50)54-36-11-9-8-10-12-36)26-25-46(6)39(42(37)48)17-18-41-45(5)22-20-38(34-13-15-35(16-14-34)43(52)53)44(3,4)40(45)21-23-47(41,46)7/h8-16,20,37,39-42,49H,1,17-19,21-32H2,2-7H3,(H,52,53)/t37-,39+,40?,41?,42?,45-,46+,47+,48-/m0/s1. The highest BCUT2D eigenvalue weighted by atomic mass is 32.2. The summed E-state index contributed by atoms with van der Waals surface area (Å²) in [5.74, 6) is 2.50. The van der Waals surface area contributed by atoms with Crippen LogP contribution in [0.2, 0.25) is 0 Å². The van der Waals surface area contributed by atoms with E-state index in [2.05, 4.69) is 99.1 Å². The van der Waals surface area contributed by atoms with Gasteiger partial charge in [0.2, 0.25) is 0 Å². The summed E-state index contributed by atoms with van der Waals surface area (Å²) in [6, 6.07) is 18.5. The molecular weight excluding hydrogens is 683 g/mol. The lowest BCUT2D eigenvalue weighted by Gasteiger charge is -2.72. The zero-order valence-electron chi connectivity index (χ0n) is 34.1. The molecule has 6 aliphatic rings. The Morgan fingerprint density at radius 2 is 1.57 bits per heavy atom. The maximum absolute atomic E-state index is 11.6. The second kappa shape index (κ2) is 14.2. The number of carboxylic acids is 1. The number of piperazine rings is 1. The van der Waals surface area contributed by atoms with Crippen molar-refractivity contribution in [1.82, 2.24) is 14.5 Å². The molecule has 9 atom stereocenters. The lowest BCUT2D eigenvalue weighted by Crippen LogP contribution is -2.68. The summed E-state index contributed by atoms with van der Waals surface area (Å²) >= 11 is 1.91. The van der Waals surface area contributed by atoms with Gasteiger partial charge in [-0.05, 0) is 163 Å². The minimum atomic E-state index is -0.854. The highest BCUT2D eigenvalue weighted by Gasteiger charge is 2.70. The van der Waals surface area contributed by atoms with Gasteiger partial charge in [0.25, 0.3) is 0 Å². The first-order valence-electron chi connectivity index (χ1n) is 21.4. The van der Waals surface area contributed by atoms with E-state index in [1.54, 1.807) is 12.1 Å². The molecule has 0 amide bonds. The number of carbonyl (C=O) groups is 1. The predicted molar refractivity (Wildman–Crippen MR) is 224 cm³/mol. The number of carboxylic acid groups (broad SMARTS) is 1. The van der Waals surface area contributed by atoms with Crippen LogP contribution in [0.25, 0.3) is 5.57 Å². The van der Waals surface area contributed by atoms with E-state index in [4.69, 9.17) is 0 Å². The summed E-state index contributed by atoms with van der Waals surface area (Å²) in [6.07, 6.45) is 14.2. The van der Waals surface area contributed by atoms with E-state index in [-0.39, 0.29) is 16.4 Å². The number of hydrogen-bond donors (Lipinski definition) is 2. The lowest BCUT2D eigenvalue weighted by atomic mass is 9.33. The number of fused-ring (bicyclic) bond motifs is 7. The minimum Gasteiger partial charge on any atom is -0.478 e. The Labute approximate surface area is 330 Å². The van der Waals surface area contributed by atoms with Crippen LogP contribution < -0.4 is 5.32 Å². The van der Waals surface area contributed by atoms with E-state index < -0.39 is 5.97 Å². The predicted octanol–water partition coefficient (Wildman–Crippen LogP) is 10.7. The molecule has 5 aliphatic carbocycles. The van der Waals surface area contributed by atoms with E-state index >= 15 is 0 Å². The SMILES string of the molecule is C=C(C)[C@@H]1CC[C@]2(NCCN3CCN(Sc4ccccc4)CC3)CC[C@]3(C)[C@H](CCC4[C@@]5(C)CC=C(c6ccc(C(=O)O)cc6)C(C)(C)C5CC[C@]43C)C12. The van der Waals surface area contributed by atoms with Crippen molar-refractivity contribution in [2.45, 2.75) is 110 Å². The fourth-order valence-electron chi connectivity index (χ4n) is 14.5. The second-order valence-corrected chi connectivity index (χ2v) is 21.0. The summed E-state index contributed by atoms with van der Waals surface area (Å²) in [5.41, 5.74) is 5.58. The van der Waals surface area contributed by atoms with Crippen LogP contribution in [0, 0.1) is 51.2 Å². The first-order valence-corrected chi connectivity index (χ1v) is 22.1. The minimum absolute atomic E-state index is 0.0341. The average Bonchev–Trinajstić information content (AvgIpc) is 3.53. The number of hydrogen-bond acceptors (Lipinski definition) is 5. The molecular formula is C48H67N3O2S. The first kappa shape index (κ1) is 38.5. The molecule has 0 aromatic heterocycles. The van der Waals surface area contributed by atoms with Crippen LogP contribution in [0.5, 0.6) is 0 Å². The zero-order valence-corrected chi connectivity index (χ0v) is 34.9. The third-order valence-electron chi connectivity index (χ3n) is 17.3. The molecule has 6 heteroatoms. The van der Waals surface area contributed by atoms with Crippen molar-refractivity contribution in [3.05, 3.63) is 84.0 Å². The molecule has 2 aromatic carbocycles. The molecule has 54 heavy (non-hydrogen) atoms. The topological polar surface area (TPSA) is 55.8 Å². The maximum atomic E-state index is 11.6.